The maximum atomic E-state index is 6.06. The van der Waals surface area contributed by atoms with Crippen LogP contribution in [0, 0.1) is 0 Å². The minimum Gasteiger partial charge on any atom is -0.383 e. The largest absolute Gasteiger partial charge is 0.383 e. The zero-order chi connectivity index (χ0) is 13.0. The average Bonchev–Trinajstić information content (AvgIpc) is 2.73. The zero-order valence-electron chi connectivity index (χ0n) is 9.70. The van der Waals surface area contributed by atoms with Gasteiger partial charge in [-0.1, -0.05) is 29.0 Å². The number of fused-ring (bicyclic) bond motifs is 1. The third-order valence-electron chi connectivity index (χ3n) is 2.18. The lowest BCUT2D eigenvalue weighted by atomic mass is 10.3. The highest BCUT2D eigenvalue weighted by Gasteiger charge is 2.07. The van der Waals surface area contributed by atoms with E-state index in [0.29, 0.717) is 23.3 Å². The summed E-state index contributed by atoms with van der Waals surface area (Å²) in [5, 5.41) is 7.96. The van der Waals surface area contributed by atoms with E-state index in [0.717, 1.165) is 15.3 Å². The number of methoxy groups -OCH3 is 1. The number of ether oxygens (including phenoxy) is 1. The van der Waals surface area contributed by atoms with Gasteiger partial charge in [0.25, 0.3) is 0 Å². The summed E-state index contributed by atoms with van der Waals surface area (Å²) >= 11 is 12.7. The Morgan fingerprint density at radius 2 is 2.39 bits per heavy atom. The number of nitrogens with zero attached hydrogens (tertiary/aromatic N) is 1. The number of hydrogen-bond donors (Lipinski definition) is 2. The molecule has 7 heteroatoms. The third-order valence-corrected chi connectivity index (χ3v) is 3.67. The van der Waals surface area contributed by atoms with Gasteiger partial charge in [-0.3, -0.25) is 0 Å². The lowest BCUT2D eigenvalue weighted by molar-refractivity contribution is 0.204. The van der Waals surface area contributed by atoms with Crippen LogP contribution in [-0.4, -0.2) is 30.4 Å². The minimum absolute atomic E-state index is 0.530. The number of nitrogens with one attached hydrogen (secondary N) is 2. The number of thiazole rings is 1. The Morgan fingerprint density at radius 3 is 3.11 bits per heavy atom. The van der Waals surface area contributed by atoms with Crippen molar-refractivity contribution in [1.82, 2.24) is 10.3 Å². The number of halogens is 1. The zero-order valence-corrected chi connectivity index (χ0v) is 12.1. The van der Waals surface area contributed by atoms with Gasteiger partial charge in [0.2, 0.25) is 0 Å². The van der Waals surface area contributed by atoms with Crippen LogP contribution in [0.5, 0.6) is 0 Å². The second kappa shape index (κ2) is 6.29. The molecule has 0 saturated heterocycles. The SMILES string of the molecule is COCCNC(=S)Nc1nc2c(Cl)cccc2s1. The van der Waals surface area contributed by atoms with Crippen molar-refractivity contribution in [3.8, 4) is 0 Å². The maximum Gasteiger partial charge on any atom is 0.190 e. The van der Waals surface area contributed by atoms with Gasteiger partial charge in [-0.15, -0.1) is 0 Å². The van der Waals surface area contributed by atoms with Gasteiger partial charge in [0.05, 0.1) is 16.3 Å². The van der Waals surface area contributed by atoms with Gasteiger partial charge in [0.1, 0.15) is 5.52 Å². The van der Waals surface area contributed by atoms with E-state index in [2.05, 4.69) is 15.6 Å². The number of para-hydroxylation sites is 1. The van der Waals surface area contributed by atoms with E-state index in [1.807, 2.05) is 18.2 Å². The Hall–Kier alpha value is -0.950. The first-order valence-electron chi connectivity index (χ1n) is 5.29. The molecule has 0 bridgehead atoms. The van der Waals surface area contributed by atoms with E-state index in [1.54, 1.807) is 7.11 Å². The highest BCUT2D eigenvalue weighted by molar-refractivity contribution is 7.80. The molecule has 0 saturated carbocycles. The molecule has 2 aromatic rings. The van der Waals surface area contributed by atoms with Crippen molar-refractivity contribution in [3.63, 3.8) is 0 Å². The first-order chi connectivity index (χ1) is 8.70. The molecule has 0 amide bonds. The monoisotopic (exact) mass is 301 g/mol. The highest BCUT2D eigenvalue weighted by Crippen LogP contribution is 2.30. The smallest absolute Gasteiger partial charge is 0.190 e. The number of aromatic nitrogens is 1. The lowest BCUT2D eigenvalue weighted by Gasteiger charge is -2.06. The molecule has 18 heavy (non-hydrogen) atoms. The molecule has 0 unspecified atom stereocenters. The van der Waals surface area contributed by atoms with Gasteiger partial charge in [0, 0.05) is 13.7 Å². The van der Waals surface area contributed by atoms with E-state index in [-0.39, 0.29) is 0 Å². The predicted molar refractivity (Wildman–Crippen MR) is 80.7 cm³/mol. The van der Waals surface area contributed by atoms with Crippen LogP contribution in [0.2, 0.25) is 5.02 Å². The van der Waals surface area contributed by atoms with Crippen LogP contribution >= 0.6 is 35.2 Å². The molecule has 0 aliphatic rings. The fourth-order valence-electron chi connectivity index (χ4n) is 1.38. The number of hydrogen-bond acceptors (Lipinski definition) is 4. The molecular weight excluding hydrogens is 290 g/mol. The number of thiocarbonyl (C=S) groups is 1. The molecule has 0 aliphatic carbocycles. The minimum atomic E-state index is 0.530. The van der Waals surface area contributed by atoms with Crippen molar-refractivity contribution in [1.29, 1.82) is 0 Å². The van der Waals surface area contributed by atoms with E-state index in [9.17, 15) is 0 Å². The average molecular weight is 302 g/mol. The molecule has 1 heterocycles. The van der Waals surface area contributed by atoms with E-state index >= 15 is 0 Å². The van der Waals surface area contributed by atoms with Crippen molar-refractivity contribution >= 4 is 55.6 Å². The standard InChI is InChI=1S/C11H12ClN3OS2/c1-16-6-5-13-10(17)15-11-14-9-7(12)3-2-4-8(9)18-11/h2-4H,5-6H2,1H3,(H2,13,14,15,17). The Bertz CT molecular complexity index is 558. The molecule has 0 spiro atoms. The van der Waals surface area contributed by atoms with Gasteiger partial charge in [-0.2, -0.15) is 0 Å². The van der Waals surface area contributed by atoms with Crippen LogP contribution in [0.25, 0.3) is 10.2 Å². The van der Waals surface area contributed by atoms with Crippen LogP contribution < -0.4 is 10.6 Å². The molecule has 0 fully saturated rings. The second-order valence-corrected chi connectivity index (χ2v) is 5.33. The lowest BCUT2D eigenvalue weighted by Crippen LogP contribution is -2.31. The molecule has 96 valence electrons. The Kier molecular flexibility index (Phi) is 4.71. The topological polar surface area (TPSA) is 46.2 Å². The summed E-state index contributed by atoms with van der Waals surface area (Å²) in [7, 11) is 1.65. The van der Waals surface area contributed by atoms with E-state index in [4.69, 9.17) is 28.6 Å². The summed E-state index contributed by atoms with van der Waals surface area (Å²) in [5.41, 5.74) is 0.798. The first-order valence-corrected chi connectivity index (χ1v) is 6.90. The van der Waals surface area contributed by atoms with Crippen LogP contribution in [0.4, 0.5) is 5.13 Å². The molecule has 2 rings (SSSR count). The van der Waals surface area contributed by atoms with Crippen LogP contribution in [0.3, 0.4) is 0 Å². The summed E-state index contributed by atoms with van der Waals surface area (Å²) in [4.78, 5) is 4.40. The molecule has 1 aromatic heterocycles. The molecule has 0 radical (unpaired) electrons. The van der Waals surface area contributed by atoms with Gasteiger partial charge in [0.15, 0.2) is 10.2 Å². The highest BCUT2D eigenvalue weighted by atomic mass is 35.5. The van der Waals surface area contributed by atoms with Gasteiger partial charge in [-0.25, -0.2) is 4.98 Å². The van der Waals surface area contributed by atoms with E-state index in [1.165, 1.54) is 11.3 Å². The number of benzene rings is 1. The second-order valence-electron chi connectivity index (χ2n) is 3.48. The van der Waals surface area contributed by atoms with Gasteiger partial charge >= 0.3 is 0 Å². The van der Waals surface area contributed by atoms with Gasteiger partial charge in [-0.05, 0) is 24.4 Å². The Morgan fingerprint density at radius 1 is 1.56 bits per heavy atom. The fraction of sp³-hybridized carbons (Fsp3) is 0.273. The van der Waals surface area contributed by atoms with Crippen molar-refractivity contribution in [2.45, 2.75) is 0 Å². The third kappa shape index (κ3) is 3.29. The Labute approximate surface area is 119 Å². The van der Waals surface area contributed by atoms with Crippen LogP contribution in [-0.2, 0) is 4.74 Å². The quantitative estimate of drug-likeness (QED) is 0.672. The Balaban J connectivity index is 2.03. The maximum absolute atomic E-state index is 6.06. The van der Waals surface area contributed by atoms with E-state index < -0.39 is 0 Å². The molecule has 1 aromatic carbocycles. The van der Waals surface area contributed by atoms with Crippen LogP contribution in [0.15, 0.2) is 18.2 Å². The summed E-state index contributed by atoms with van der Waals surface area (Å²) in [6.07, 6.45) is 0. The van der Waals surface area contributed by atoms with Crippen LogP contribution in [0.1, 0.15) is 0 Å². The van der Waals surface area contributed by atoms with Crippen molar-refractivity contribution in [3.05, 3.63) is 23.2 Å². The first kappa shape index (κ1) is 13.5. The predicted octanol–water partition coefficient (Wildman–Crippen LogP) is 2.88. The van der Waals surface area contributed by atoms with Crippen molar-refractivity contribution < 1.29 is 4.74 Å². The van der Waals surface area contributed by atoms with Crippen molar-refractivity contribution in [2.24, 2.45) is 0 Å². The number of rotatable bonds is 4. The fourth-order valence-corrected chi connectivity index (χ4v) is 2.81. The van der Waals surface area contributed by atoms with Gasteiger partial charge < -0.3 is 15.4 Å². The van der Waals surface area contributed by atoms with Crippen molar-refractivity contribution in [2.75, 3.05) is 25.6 Å². The molecule has 0 aliphatic heterocycles. The molecular formula is C11H12ClN3OS2. The molecule has 2 N–H and O–H groups in total. The number of anilines is 1. The molecule has 0 atom stereocenters. The summed E-state index contributed by atoms with van der Waals surface area (Å²) < 4.78 is 5.96. The summed E-state index contributed by atoms with van der Waals surface area (Å²) in [6, 6.07) is 5.70. The summed E-state index contributed by atoms with van der Waals surface area (Å²) in [6.45, 7) is 1.27. The summed E-state index contributed by atoms with van der Waals surface area (Å²) in [5.74, 6) is 0. The molecule has 4 nitrogen and oxygen atoms in total. The normalized spacial score (nSPS) is 10.6.